The highest BCUT2D eigenvalue weighted by molar-refractivity contribution is 7.17. The lowest BCUT2D eigenvalue weighted by Gasteiger charge is -2.19. The van der Waals surface area contributed by atoms with Gasteiger partial charge in [-0.25, -0.2) is 4.39 Å². The molecule has 0 aliphatic heterocycles. The molecule has 4 heteroatoms. The molecule has 0 bridgehead atoms. The molecule has 1 N–H and O–H groups in total. The van der Waals surface area contributed by atoms with E-state index >= 15 is 0 Å². The van der Waals surface area contributed by atoms with Crippen molar-refractivity contribution in [2.75, 3.05) is 6.54 Å². The summed E-state index contributed by atoms with van der Waals surface area (Å²) in [5.41, 5.74) is 1.92. The Hall–Kier alpha value is -1.42. The highest BCUT2D eigenvalue weighted by Crippen LogP contribution is 2.36. The van der Waals surface area contributed by atoms with E-state index in [1.807, 2.05) is 19.1 Å². The standard InChI is InChI=1S/C17H15ClFNS/c1-2-20-17(13-9-11(19)7-8-15(13)18)14-10-21-16-6-4-3-5-12(14)16/h3-10,17,20H,2H2,1H3. The van der Waals surface area contributed by atoms with Crippen LogP contribution in [0.15, 0.2) is 47.8 Å². The fourth-order valence-electron chi connectivity index (χ4n) is 2.55. The van der Waals surface area contributed by atoms with Gasteiger partial charge >= 0.3 is 0 Å². The van der Waals surface area contributed by atoms with E-state index in [1.54, 1.807) is 17.4 Å². The monoisotopic (exact) mass is 319 g/mol. The van der Waals surface area contributed by atoms with E-state index in [9.17, 15) is 4.39 Å². The number of hydrogen-bond donors (Lipinski definition) is 1. The van der Waals surface area contributed by atoms with Gasteiger partial charge in [0.2, 0.25) is 0 Å². The van der Waals surface area contributed by atoms with Crippen molar-refractivity contribution in [1.29, 1.82) is 0 Å². The molecule has 0 spiro atoms. The molecule has 0 fully saturated rings. The summed E-state index contributed by atoms with van der Waals surface area (Å²) in [7, 11) is 0. The lowest BCUT2D eigenvalue weighted by Crippen LogP contribution is -2.22. The third-order valence-electron chi connectivity index (χ3n) is 3.50. The molecule has 0 saturated heterocycles. The predicted octanol–water partition coefficient (Wildman–Crippen LogP) is 5.39. The Bertz CT molecular complexity index is 768. The summed E-state index contributed by atoms with van der Waals surface area (Å²) in [5.74, 6) is -0.267. The van der Waals surface area contributed by atoms with Crippen LogP contribution in [0.1, 0.15) is 24.1 Å². The number of rotatable bonds is 4. The molecule has 0 saturated carbocycles. The van der Waals surface area contributed by atoms with Crippen LogP contribution in [0.2, 0.25) is 5.02 Å². The van der Waals surface area contributed by atoms with Gasteiger partial charge in [-0.3, -0.25) is 0 Å². The van der Waals surface area contributed by atoms with Crippen molar-refractivity contribution < 1.29 is 4.39 Å². The van der Waals surface area contributed by atoms with Gasteiger partial charge in [-0.05, 0) is 52.7 Å². The van der Waals surface area contributed by atoms with E-state index in [2.05, 4.69) is 22.8 Å². The average Bonchev–Trinajstić information content (AvgIpc) is 2.91. The molecule has 1 unspecified atom stereocenters. The van der Waals surface area contributed by atoms with Crippen LogP contribution < -0.4 is 5.32 Å². The van der Waals surface area contributed by atoms with E-state index < -0.39 is 0 Å². The molecule has 0 aliphatic rings. The molecule has 108 valence electrons. The second-order valence-corrected chi connectivity index (χ2v) is 6.16. The molecule has 1 atom stereocenters. The number of thiophene rings is 1. The van der Waals surface area contributed by atoms with Gasteiger partial charge in [-0.15, -0.1) is 11.3 Å². The number of halogens is 2. The second kappa shape index (κ2) is 6.14. The fourth-order valence-corrected chi connectivity index (χ4v) is 3.76. The van der Waals surface area contributed by atoms with Gasteiger partial charge in [0.1, 0.15) is 5.82 Å². The summed E-state index contributed by atoms with van der Waals surface area (Å²) < 4.78 is 14.8. The molecule has 3 rings (SSSR count). The van der Waals surface area contributed by atoms with Crippen molar-refractivity contribution in [3.05, 3.63) is 69.8 Å². The zero-order valence-electron chi connectivity index (χ0n) is 11.6. The first kappa shape index (κ1) is 14.5. The molecule has 21 heavy (non-hydrogen) atoms. The van der Waals surface area contributed by atoms with Crippen LogP contribution in [-0.4, -0.2) is 6.54 Å². The van der Waals surface area contributed by atoms with Gasteiger partial charge in [0.15, 0.2) is 0 Å². The highest BCUT2D eigenvalue weighted by atomic mass is 35.5. The molecule has 0 radical (unpaired) electrons. The molecule has 3 aromatic rings. The Balaban J connectivity index is 2.15. The molecular formula is C17H15ClFNS. The highest BCUT2D eigenvalue weighted by Gasteiger charge is 2.20. The van der Waals surface area contributed by atoms with E-state index in [1.165, 1.54) is 22.2 Å². The maximum atomic E-state index is 13.6. The molecule has 1 nitrogen and oxygen atoms in total. The van der Waals surface area contributed by atoms with E-state index in [0.717, 1.165) is 17.7 Å². The largest absolute Gasteiger partial charge is 0.306 e. The van der Waals surface area contributed by atoms with E-state index in [-0.39, 0.29) is 11.9 Å². The fraction of sp³-hybridized carbons (Fsp3) is 0.176. The average molecular weight is 320 g/mol. The first-order valence-corrected chi connectivity index (χ1v) is 8.11. The summed E-state index contributed by atoms with van der Waals surface area (Å²) in [5, 5.41) is 7.31. The van der Waals surface area contributed by atoms with Gasteiger partial charge in [0.25, 0.3) is 0 Å². The van der Waals surface area contributed by atoms with Crippen LogP contribution >= 0.6 is 22.9 Å². The Kier molecular flexibility index (Phi) is 4.24. The smallest absolute Gasteiger partial charge is 0.123 e. The minimum absolute atomic E-state index is 0.102. The maximum Gasteiger partial charge on any atom is 0.123 e. The van der Waals surface area contributed by atoms with E-state index in [4.69, 9.17) is 11.6 Å². The lowest BCUT2D eigenvalue weighted by molar-refractivity contribution is 0.605. The van der Waals surface area contributed by atoms with Crippen LogP contribution in [0.4, 0.5) is 4.39 Å². The van der Waals surface area contributed by atoms with Crippen LogP contribution in [0, 0.1) is 5.82 Å². The van der Waals surface area contributed by atoms with Crippen LogP contribution in [0.5, 0.6) is 0 Å². The van der Waals surface area contributed by atoms with Crippen molar-refractivity contribution in [2.24, 2.45) is 0 Å². The molecular weight excluding hydrogens is 305 g/mol. The first-order chi connectivity index (χ1) is 10.2. The van der Waals surface area contributed by atoms with Gasteiger partial charge in [-0.2, -0.15) is 0 Å². The van der Waals surface area contributed by atoms with Crippen LogP contribution in [0.25, 0.3) is 10.1 Å². The molecule has 0 amide bonds. The molecule has 1 aromatic heterocycles. The summed E-state index contributed by atoms with van der Waals surface area (Å²) in [6.45, 7) is 2.82. The quantitative estimate of drug-likeness (QED) is 0.679. The Morgan fingerprint density at radius 3 is 2.81 bits per heavy atom. The third kappa shape index (κ3) is 2.82. The summed E-state index contributed by atoms with van der Waals surface area (Å²) in [6.07, 6.45) is 0. The third-order valence-corrected chi connectivity index (χ3v) is 4.83. The number of nitrogens with one attached hydrogen (secondary N) is 1. The second-order valence-electron chi connectivity index (χ2n) is 4.84. The van der Waals surface area contributed by atoms with E-state index in [0.29, 0.717) is 5.02 Å². The Morgan fingerprint density at radius 2 is 2.00 bits per heavy atom. The maximum absolute atomic E-state index is 13.6. The zero-order chi connectivity index (χ0) is 14.8. The minimum Gasteiger partial charge on any atom is -0.306 e. The molecule has 1 heterocycles. The predicted molar refractivity (Wildman–Crippen MR) is 88.8 cm³/mol. The SMILES string of the molecule is CCNC(c1cc(F)ccc1Cl)c1csc2ccccc12. The van der Waals surface area contributed by atoms with Crippen LogP contribution in [0.3, 0.4) is 0 Å². The van der Waals surface area contributed by atoms with Crippen molar-refractivity contribution >= 4 is 33.0 Å². The number of fused-ring (bicyclic) bond motifs is 1. The summed E-state index contributed by atoms with van der Waals surface area (Å²) in [6, 6.07) is 12.7. The van der Waals surface area contributed by atoms with Crippen molar-refractivity contribution in [1.82, 2.24) is 5.32 Å². The van der Waals surface area contributed by atoms with Gasteiger partial charge < -0.3 is 5.32 Å². The Morgan fingerprint density at radius 1 is 1.19 bits per heavy atom. The zero-order valence-corrected chi connectivity index (χ0v) is 13.1. The summed E-state index contributed by atoms with van der Waals surface area (Å²) >= 11 is 7.99. The van der Waals surface area contributed by atoms with Gasteiger partial charge in [0.05, 0.1) is 6.04 Å². The van der Waals surface area contributed by atoms with Crippen molar-refractivity contribution in [2.45, 2.75) is 13.0 Å². The number of benzene rings is 2. The van der Waals surface area contributed by atoms with Crippen molar-refractivity contribution in [3.8, 4) is 0 Å². The normalized spacial score (nSPS) is 12.7. The summed E-state index contributed by atoms with van der Waals surface area (Å²) in [4.78, 5) is 0. The van der Waals surface area contributed by atoms with Gasteiger partial charge in [0, 0.05) is 9.72 Å². The van der Waals surface area contributed by atoms with Crippen LogP contribution in [-0.2, 0) is 0 Å². The molecule has 0 aliphatic carbocycles. The van der Waals surface area contributed by atoms with Gasteiger partial charge in [-0.1, -0.05) is 36.7 Å². The minimum atomic E-state index is -0.267. The lowest BCUT2D eigenvalue weighted by atomic mass is 9.98. The number of hydrogen-bond acceptors (Lipinski definition) is 2. The van der Waals surface area contributed by atoms with Crippen molar-refractivity contribution in [3.63, 3.8) is 0 Å². The first-order valence-electron chi connectivity index (χ1n) is 6.85. The topological polar surface area (TPSA) is 12.0 Å². The molecule has 2 aromatic carbocycles. The Labute approximate surface area is 132 Å².